The van der Waals surface area contributed by atoms with E-state index >= 15 is 0 Å². The Kier molecular flexibility index (Phi) is 6.72. The molecule has 1 aromatic carbocycles. The second kappa shape index (κ2) is 8.29. The van der Waals surface area contributed by atoms with Crippen LogP contribution in [0.2, 0.25) is 0 Å². The fourth-order valence-corrected chi connectivity index (χ4v) is 1.70. The van der Waals surface area contributed by atoms with E-state index in [9.17, 15) is 9.59 Å². The fraction of sp³-hybridized carbons (Fsp3) is 0.500. The maximum atomic E-state index is 11.5. The van der Waals surface area contributed by atoms with Crippen LogP contribution in [0.15, 0.2) is 18.2 Å². The molecule has 0 spiro atoms. The monoisotopic (exact) mass is 293 g/mol. The minimum absolute atomic E-state index is 0.0719. The molecule has 5 heteroatoms. The highest BCUT2D eigenvalue weighted by Gasteiger charge is 2.10. The number of carbonyl (C=O) groups is 2. The summed E-state index contributed by atoms with van der Waals surface area (Å²) in [6.45, 7) is 7.27. The smallest absolute Gasteiger partial charge is 0.344 e. The van der Waals surface area contributed by atoms with Gasteiger partial charge in [-0.2, -0.15) is 0 Å². The van der Waals surface area contributed by atoms with E-state index in [4.69, 9.17) is 9.47 Å². The number of benzene rings is 1. The van der Waals surface area contributed by atoms with E-state index in [1.807, 2.05) is 45.9 Å². The molecule has 1 atom stereocenters. The van der Waals surface area contributed by atoms with Crippen LogP contribution in [0, 0.1) is 13.8 Å². The van der Waals surface area contributed by atoms with E-state index in [-0.39, 0.29) is 25.2 Å². The first-order valence-electron chi connectivity index (χ1n) is 7.07. The van der Waals surface area contributed by atoms with Crippen LogP contribution in [0.4, 0.5) is 0 Å². The third-order valence-corrected chi connectivity index (χ3v) is 3.06. The number of hydrogen-bond acceptors (Lipinski definition) is 4. The molecule has 0 heterocycles. The number of esters is 1. The van der Waals surface area contributed by atoms with Gasteiger partial charge < -0.3 is 14.8 Å². The summed E-state index contributed by atoms with van der Waals surface area (Å²) >= 11 is 0. The molecule has 0 aromatic heterocycles. The van der Waals surface area contributed by atoms with E-state index in [1.165, 1.54) is 0 Å². The van der Waals surface area contributed by atoms with E-state index in [0.29, 0.717) is 5.75 Å². The molecule has 0 aliphatic rings. The van der Waals surface area contributed by atoms with Gasteiger partial charge in [-0.15, -0.1) is 0 Å². The topological polar surface area (TPSA) is 64.6 Å². The highest BCUT2D eigenvalue weighted by molar-refractivity contribution is 5.81. The average Bonchev–Trinajstić information content (AvgIpc) is 2.44. The van der Waals surface area contributed by atoms with Gasteiger partial charge in [0.2, 0.25) is 0 Å². The first kappa shape index (κ1) is 17.0. The van der Waals surface area contributed by atoms with Crippen molar-refractivity contribution in [3.05, 3.63) is 29.3 Å². The summed E-state index contributed by atoms with van der Waals surface area (Å²) in [6.07, 6.45) is 0.829. The normalized spacial score (nSPS) is 11.6. The van der Waals surface area contributed by atoms with Gasteiger partial charge in [-0.3, -0.25) is 4.79 Å². The number of carbonyl (C=O) groups excluding carboxylic acids is 2. The van der Waals surface area contributed by atoms with E-state index in [1.54, 1.807) is 0 Å². The Hall–Kier alpha value is -2.04. The molecule has 0 bridgehead atoms. The predicted molar refractivity (Wildman–Crippen MR) is 80.3 cm³/mol. The lowest BCUT2D eigenvalue weighted by molar-refractivity contribution is -0.150. The molecule has 0 fully saturated rings. The minimum Gasteiger partial charge on any atom is -0.482 e. The van der Waals surface area contributed by atoms with Crippen LogP contribution in [0.3, 0.4) is 0 Å². The van der Waals surface area contributed by atoms with Crippen molar-refractivity contribution in [3.63, 3.8) is 0 Å². The Morgan fingerprint density at radius 1 is 1.24 bits per heavy atom. The molecule has 1 rings (SSSR count). The Balaban J connectivity index is 2.32. The van der Waals surface area contributed by atoms with Gasteiger partial charge in [0.1, 0.15) is 5.75 Å². The summed E-state index contributed by atoms with van der Waals surface area (Å²) in [5.74, 6) is -0.222. The lowest BCUT2D eigenvalue weighted by Crippen LogP contribution is -2.35. The Labute approximate surface area is 125 Å². The summed E-state index contributed by atoms with van der Waals surface area (Å²) in [5, 5.41) is 2.72. The predicted octanol–water partition coefficient (Wildman–Crippen LogP) is 2.14. The van der Waals surface area contributed by atoms with Gasteiger partial charge in [0, 0.05) is 6.04 Å². The number of nitrogens with one attached hydrogen (secondary N) is 1. The van der Waals surface area contributed by atoms with Crippen LogP contribution in [-0.2, 0) is 14.3 Å². The van der Waals surface area contributed by atoms with Crippen molar-refractivity contribution in [3.8, 4) is 5.75 Å². The van der Waals surface area contributed by atoms with Crippen molar-refractivity contribution < 1.29 is 19.1 Å². The van der Waals surface area contributed by atoms with Crippen LogP contribution in [0.1, 0.15) is 31.4 Å². The number of ether oxygens (including phenoxy) is 2. The average molecular weight is 293 g/mol. The standard InChI is InChI=1S/C16H23NO4/c1-5-13(4)17-15(18)9-21-16(19)10-20-14-7-6-11(2)8-12(14)3/h6-8,13H,5,9-10H2,1-4H3,(H,17,18)/t13-/m1/s1. The molecule has 0 aliphatic carbocycles. The van der Waals surface area contributed by atoms with Gasteiger partial charge in [0.15, 0.2) is 13.2 Å². The lowest BCUT2D eigenvalue weighted by atomic mass is 10.1. The molecule has 1 N–H and O–H groups in total. The quantitative estimate of drug-likeness (QED) is 0.782. The second-order valence-corrected chi connectivity index (χ2v) is 5.10. The fourth-order valence-electron chi connectivity index (χ4n) is 1.70. The zero-order valence-corrected chi connectivity index (χ0v) is 13.1. The Morgan fingerprint density at radius 2 is 1.95 bits per heavy atom. The van der Waals surface area contributed by atoms with Crippen molar-refractivity contribution in [2.45, 2.75) is 40.2 Å². The van der Waals surface area contributed by atoms with Crippen molar-refractivity contribution in [1.29, 1.82) is 0 Å². The van der Waals surface area contributed by atoms with Crippen molar-refractivity contribution in [2.24, 2.45) is 0 Å². The maximum absolute atomic E-state index is 11.5. The number of hydrogen-bond donors (Lipinski definition) is 1. The van der Waals surface area contributed by atoms with E-state index in [0.717, 1.165) is 17.5 Å². The molecule has 5 nitrogen and oxygen atoms in total. The highest BCUT2D eigenvalue weighted by Crippen LogP contribution is 2.18. The van der Waals surface area contributed by atoms with Gasteiger partial charge in [-0.1, -0.05) is 24.6 Å². The first-order valence-corrected chi connectivity index (χ1v) is 7.07. The van der Waals surface area contributed by atoms with Crippen LogP contribution in [0.5, 0.6) is 5.75 Å². The van der Waals surface area contributed by atoms with Crippen LogP contribution < -0.4 is 10.1 Å². The molecule has 1 aromatic rings. The molecule has 0 saturated carbocycles. The first-order chi connectivity index (χ1) is 9.92. The molecule has 0 aliphatic heterocycles. The summed E-state index contributed by atoms with van der Waals surface area (Å²) in [4.78, 5) is 23.0. The van der Waals surface area contributed by atoms with Gasteiger partial charge in [0.25, 0.3) is 5.91 Å². The summed E-state index contributed by atoms with van der Waals surface area (Å²) in [7, 11) is 0. The van der Waals surface area contributed by atoms with Crippen LogP contribution >= 0.6 is 0 Å². The summed E-state index contributed by atoms with van der Waals surface area (Å²) < 4.78 is 10.2. The summed E-state index contributed by atoms with van der Waals surface area (Å²) in [6, 6.07) is 5.77. The maximum Gasteiger partial charge on any atom is 0.344 e. The van der Waals surface area contributed by atoms with Gasteiger partial charge in [0.05, 0.1) is 0 Å². The largest absolute Gasteiger partial charge is 0.482 e. The molecule has 0 radical (unpaired) electrons. The number of aryl methyl sites for hydroxylation is 2. The minimum atomic E-state index is -0.561. The van der Waals surface area contributed by atoms with Crippen molar-refractivity contribution in [2.75, 3.05) is 13.2 Å². The van der Waals surface area contributed by atoms with Crippen molar-refractivity contribution in [1.82, 2.24) is 5.32 Å². The third kappa shape index (κ3) is 6.29. The molecule has 1 amide bonds. The number of amides is 1. The molecular formula is C16H23NO4. The second-order valence-electron chi connectivity index (χ2n) is 5.10. The number of rotatable bonds is 7. The zero-order valence-electron chi connectivity index (χ0n) is 13.1. The highest BCUT2D eigenvalue weighted by atomic mass is 16.6. The molecule has 0 unspecified atom stereocenters. The van der Waals surface area contributed by atoms with E-state index < -0.39 is 5.97 Å². The third-order valence-electron chi connectivity index (χ3n) is 3.06. The Bertz CT molecular complexity index is 499. The Morgan fingerprint density at radius 3 is 2.57 bits per heavy atom. The SMILES string of the molecule is CC[C@@H](C)NC(=O)COC(=O)COc1ccc(C)cc1C. The molecule has 116 valence electrons. The zero-order chi connectivity index (χ0) is 15.8. The van der Waals surface area contributed by atoms with Crippen molar-refractivity contribution >= 4 is 11.9 Å². The lowest BCUT2D eigenvalue weighted by Gasteiger charge is -2.12. The molecule has 21 heavy (non-hydrogen) atoms. The van der Waals surface area contributed by atoms with E-state index in [2.05, 4.69) is 5.32 Å². The van der Waals surface area contributed by atoms with Crippen LogP contribution in [-0.4, -0.2) is 31.1 Å². The van der Waals surface area contributed by atoms with Crippen LogP contribution in [0.25, 0.3) is 0 Å². The molecule has 0 saturated heterocycles. The van der Waals surface area contributed by atoms with Gasteiger partial charge >= 0.3 is 5.97 Å². The molecular weight excluding hydrogens is 270 g/mol. The van der Waals surface area contributed by atoms with Gasteiger partial charge in [-0.25, -0.2) is 4.79 Å². The summed E-state index contributed by atoms with van der Waals surface area (Å²) in [5.41, 5.74) is 2.08. The van der Waals surface area contributed by atoms with Gasteiger partial charge in [-0.05, 0) is 38.8 Å².